The van der Waals surface area contributed by atoms with E-state index in [4.69, 9.17) is 9.47 Å². The molecule has 1 aromatic heterocycles. The van der Waals surface area contributed by atoms with Crippen LogP contribution in [0.25, 0.3) is 10.9 Å². The van der Waals surface area contributed by atoms with Gasteiger partial charge in [-0.3, -0.25) is 14.2 Å². The fraction of sp³-hybridized carbons (Fsp3) is 0.227. The number of hydrogen-bond donors (Lipinski definition) is 1. The molecule has 1 atom stereocenters. The molecular formula is C22H21N3O4S. The number of carbonyl (C=O) groups is 1. The van der Waals surface area contributed by atoms with Crippen molar-refractivity contribution in [1.29, 1.82) is 0 Å². The molecule has 30 heavy (non-hydrogen) atoms. The Hall–Kier alpha value is -3.26. The fourth-order valence-electron chi connectivity index (χ4n) is 3.12. The number of rotatable bonds is 7. The summed E-state index contributed by atoms with van der Waals surface area (Å²) in [7, 11) is 0. The lowest BCUT2D eigenvalue weighted by atomic mass is 10.2. The number of nitrogens with zero attached hydrogens (tertiary/aromatic N) is 2. The molecule has 3 aromatic rings. The first kappa shape index (κ1) is 20.0. The van der Waals surface area contributed by atoms with Crippen molar-refractivity contribution >= 4 is 28.6 Å². The van der Waals surface area contributed by atoms with E-state index in [0.717, 1.165) is 5.56 Å². The molecular weight excluding hydrogens is 402 g/mol. The van der Waals surface area contributed by atoms with Crippen molar-refractivity contribution in [2.45, 2.75) is 30.4 Å². The highest BCUT2D eigenvalue weighted by Gasteiger charge is 2.19. The highest BCUT2D eigenvalue weighted by atomic mass is 32.2. The van der Waals surface area contributed by atoms with Crippen molar-refractivity contribution in [3.8, 4) is 11.5 Å². The summed E-state index contributed by atoms with van der Waals surface area (Å²) in [5, 5.41) is 3.52. The van der Waals surface area contributed by atoms with Crippen LogP contribution in [0.2, 0.25) is 0 Å². The van der Waals surface area contributed by atoms with Crippen LogP contribution >= 0.6 is 11.8 Å². The fourth-order valence-corrected chi connectivity index (χ4v) is 4.07. The average Bonchev–Trinajstić information content (AvgIpc) is 3.22. The van der Waals surface area contributed by atoms with Gasteiger partial charge in [0.15, 0.2) is 16.7 Å². The average molecular weight is 423 g/mol. The number of nitrogens with one attached hydrogen (secondary N) is 1. The zero-order valence-electron chi connectivity index (χ0n) is 16.5. The third kappa shape index (κ3) is 4.04. The molecule has 1 aliphatic rings. The lowest BCUT2D eigenvalue weighted by Crippen LogP contribution is -2.31. The lowest BCUT2D eigenvalue weighted by molar-refractivity contribution is -0.120. The second-order valence-electron chi connectivity index (χ2n) is 6.78. The summed E-state index contributed by atoms with van der Waals surface area (Å²) in [6, 6.07) is 12.8. The number of ether oxygens (including phenoxy) is 2. The van der Waals surface area contributed by atoms with E-state index < -0.39 is 5.25 Å². The van der Waals surface area contributed by atoms with E-state index in [1.54, 1.807) is 29.7 Å². The van der Waals surface area contributed by atoms with E-state index in [-0.39, 0.29) is 18.3 Å². The predicted octanol–water partition coefficient (Wildman–Crippen LogP) is 3.11. The van der Waals surface area contributed by atoms with E-state index in [2.05, 4.69) is 16.9 Å². The number of fused-ring (bicyclic) bond motifs is 2. The summed E-state index contributed by atoms with van der Waals surface area (Å²) in [6.07, 6.45) is 1.65. The molecule has 0 radical (unpaired) electrons. The van der Waals surface area contributed by atoms with Gasteiger partial charge in [-0.15, -0.1) is 6.58 Å². The zero-order valence-corrected chi connectivity index (χ0v) is 17.3. The van der Waals surface area contributed by atoms with Gasteiger partial charge in [0.25, 0.3) is 5.56 Å². The van der Waals surface area contributed by atoms with E-state index >= 15 is 0 Å². The van der Waals surface area contributed by atoms with Crippen molar-refractivity contribution in [2.24, 2.45) is 0 Å². The summed E-state index contributed by atoms with van der Waals surface area (Å²) in [6.45, 7) is 6.42. The third-order valence-electron chi connectivity index (χ3n) is 4.69. The largest absolute Gasteiger partial charge is 0.454 e. The number of benzene rings is 2. The molecule has 0 saturated carbocycles. The van der Waals surface area contributed by atoms with Crippen molar-refractivity contribution in [3.05, 3.63) is 71.0 Å². The zero-order chi connectivity index (χ0) is 21.1. The van der Waals surface area contributed by atoms with Crippen molar-refractivity contribution in [2.75, 3.05) is 6.79 Å². The molecule has 1 aliphatic heterocycles. The summed E-state index contributed by atoms with van der Waals surface area (Å²) in [4.78, 5) is 30.1. The molecule has 0 saturated heterocycles. The van der Waals surface area contributed by atoms with Crippen LogP contribution in [0.1, 0.15) is 12.5 Å². The van der Waals surface area contributed by atoms with Crippen molar-refractivity contribution in [3.63, 3.8) is 0 Å². The number of amides is 1. The van der Waals surface area contributed by atoms with Gasteiger partial charge >= 0.3 is 0 Å². The Morgan fingerprint density at radius 1 is 1.30 bits per heavy atom. The SMILES string of the molecule is C=CCn1c(SC(C)C(=O)NCc2ccc3c(c2)OCO3)nc2ccccc2c1=O. The van der Waals surface area contributed by atoms with Crippen LogP contribution in [-0.4, -0.2) is 27.5 Å². The molecule has 7 nitrogen and oxygen atoms in total. The number of allylic oxidation sites excluding steroid dienone is 1. The molecule has 2 heterocycles. The Labute approximate surface area is 177 Å². The predicted molar refractivity (Wildman–Crippen MR) is 116 cm³/mol. The van der Waals surface area contributed by atoms with Crippen LogP contribution in [0.5, 0.6) is 11.5 Å². The van der Waals surface area contributed by atoms with Crippen LogP contribution in [0.15, 0.2) is 65.1 Å². The van der Waals surface area contributed by atoms with Gasteiger partial charge < -0.3 is 14.8 Å². The minimum Gasteiger partial charge on any atom is -0.454 e. The normalized spacial score (nSPS) is 13.2. The van der Waals surface area contributed by atoms with Gasteiger partial charge in [0, 0.05) is 13.1 Å². The molecule has 0 fully saturated rings. The smallest absolute Gasteiger partial charge is 0.262 e. The van der Waals surface area contributed by atoms with Gasteiger partial charge in [0.1, 0.15) is 0 Å². The van der Waals surface area contributed by atoms with E-state index in [1.807, 2.05) is 30.3 Å². The number of aromatic nitrogens is 2. The van der Waals surface area contributed by atoms with Gasteiger partial charge in [-0.05, 0) is 36.8 Å². The first-order valence-corrected chi connectivity index (χ1v) is 10.4. The monoisotopic (exact) mass is 423 g/mol. The van der Waals surface area contributed by atoms with Crippen LogP contribution in [0.3, 0.4) is 0 Å². The van der Waals surface area contributed by atoms with Crippen LogP contribution in [0, 0.1) is 0 Å². The van der Waals surface area contributed by atoms with E-state index in [9.17, 15) is 9.59 Å². The van der Waals surface area contributed by atoms with Crippen molar-refractivity contribution < 1.29 is 14.3 Å². The highest BCUT2D eigenvalue weighted by Crippen LogP contribution is 2.32. The topological polar surface area (TPSA) is 82.5 Å². The first-order valence-electron chi connectivity index (χ1n) is 9.50. The van der Waals surface area contributed by atoms with E-state index in [1.165, 1.54) is 11.8 Å². The minimum absolute atomic E-state index is 0.143. The van der Waals surface area contributed by atoms with Crippen LogP contribution < -0.4 is 20.3 Å². The quantitative estimate of drug-likeness (QED) is 0.357. The summed E-state index contributed by atoms with van der Waals surface area (Å²) in [5.74, 6) is 1.24. The van der Waals surface area contributed by atoms with Crippen LogP contribution in [0.4, 0.5) is 0 Å². The van der Waals surface area contributed by atoms with E-state index in [0.29, 0.717) is 40.6 Å². The maximum absolute atomic E-state index is 12.8. The first-order chi connectivity index (χ1) is 14.6. The Morgan fingerprint density at radius 3 is 2.93 bits per heavy atom. The molecule has 4 rings (SSSR count). The number of para-hydroxylation sites is 1. The minimum atomic E-state index is -0.442. The molecule has 0 aliphatic carbocycles. The third-order valence-corrected chi connectivity index (χ3v) is 5.78. The van der Waals surface area contributed by atoms with Crippen molar-refractivity contribution in [1.82, 2.24) is 14.9 Å². The lowest BCUT2D eigenvalue weighted by Gasteiger charge is -2.15. The molecule has 0 spiro atoms. The molecule has 2 aromatic carbocycles. The van der Waals surface area contributed by atoms with Gasteiger partial charge in [0.05, 0.1) is 16.2 Å². The maximum atomic E-state index is 12.8. The summed E-state index contributed by atoms with van der Waals surface area (Å²) < 4.78 is 12.2. The molecule has 1 N–H and O–H groups in total. The number of carbonyl (C=O) groups excluding carboxylic acids is 1. The second-order valence-corrected chi connectivity index (χ2v) is 8.09. The second kappa shape index (κ2) is 8.62. The highest BCUT2D eigenvalue weighted by molar-refractivity contribution is 8.00. The Balaban J connectivity index is 1.48. The summed E-state index contributed by atoms with van der Waals surface area (Å²) >= 11 is 1.25. The number of thioether (sulfide) groups is 1. The summed E-state index contributed by atoms with van der Waals surface area (Å²) in [5.41, 5.74) is 1.38. The molecule has 1 unspecified atom stereocenters. The van der Waals surface area contributed by atoms with Gasteiger partial charge in [-0.2, -0.15) is 0 Å². The van der Waals surface area contributed by atoms with Crippen LogP contribution in [-0.2, 0) is 17.9 Å². The Bertz CT molecular complexity index is 1170. The maximum Gasteiger partial charge on any atom is 0.262 e. The molecule has 0 bridgehead atoms. The number of hydrogen-bond acceptors (Lipinski definition) is 6. The van der Waals surface area contributed by atoms with Gasteiger partial charge in [-0.25, -0.2) is 4.98 Å². The Morgan fingerprint density at radius 2 is 2.10 bits per heavy atom. The van der Waals surface area contributed by atoms with Gasteiger partial charge in [-0.1, -0.05) is 36.0 Å². The Kier molecular flexibility index (Phi) is 5.76. The molecule has 1 amide bonds. The standard InChI is InChI=1S/C22H21N3O4S/c1-3-10-25-21(27)16-6-4-5-7-17(16)24-22(25)30-14(2)20(26)23-12-15-8-9-18-19(11-15)29-13-28-18/h3-9,11,14H,1,10,12-13H2,2H3,(H,23,26). The van der Waals surface area contributed by atoms with Gasteiger partial charge in [0.2, 0.25) is 12.7 Å². The molecule has 154 valence electrons. The molecule has 8 heteroatoms.